The van der Waals surface area contributed by atoms with Crippen molar-refractivity contribution in [2.75, 3.05) is 0 Å². The first kappa shape index (κ1) is 8.62. The molecule has 0 atom stereocenters. The van der Waals surface area contributed by atoms with Crippen molar-refractivity contribution in [2.45, 2.75) is 0 Å². The van der Waals surface area contributed by atoms with Crippen molar-refractivity contribution in [1.29, 1.82) is 0 Å². The van der Waals surface area contributed by atoms with Crippen molar-refractivity contribution in [1.82, 2.24) is 0 Å². The lowest BCUT2D eigenvalue weighted by Gasteiger charge is -1.81. The van der Waals surface area contributed by atoms with Gasteiger partial charge in [0, 0.05) is 21.6 Å². The summed E-state index contributed by atoms with van der Waals surface area (Å²) in [6.45, 7) is 0. The highest BCUT2D eigenvalue weighted by atomic mass is 35.5. The molecule has 6 heteroatoms. The molecule has 0 aliphatic heterocycles. The van der Waals surface area contributed by atoms with Crippen LogP contribution in [-0.2, 0) is 0 Å². The minimum atomic E-state index is -0.649. The molecule has 0 rings (SSSR count). The van der Waals surface area contributed by atoms with Crippen molar-refractivity contribution >= 4 is 53.9 Å². The van der Waals surface area contributed by atoms with E-state index in [1.54, 1.807) is 0 Å². The third-order valence-corrected chi connectivity index (χ3v) is 2.69. The molecule has 0 aliphatic carbocycles. The van der Waals surface area contributed by atoms with Gasteiger partial charge >= 0.3 is 0 Å². The van der Waals surface area contributed by atoms with Crippen LogP contribution in [-0.4, -0.2) is 9.15 Å². The fourth-order valence-electron chi connectivity index (χ4n) is 0.0655. The second-order valence-electron chi connectivity index (χ2n) is 0.642. The topological polar surface area (TPSA) is 34.1 Å². The Kier molecular flexibility index (Phi) is 4.84. The number of hydrogen-bond acceptors (Lipinski definition) is 4. The number of carbonyl (C=O) groups is 2. The average molecular weight is 191 g/mol. The van der Waals surface area contributed by atoms with Crippen LogP contribution >= 0.6 is 44.8 Å². The van der Waals surface area contributed by atoms with Gasteiger partial charge in [-0.05, 0) is 23.2 Å². The molecule has 0 bridgehead atoms. The molecule has 0 unspecified atom stereocenters. The first-order valence-corrected chi connectivity index (χ1v) is 4.27. The molecule has 0 radical (unpaired) electrons. The highest BCUT2D eigenvalue weighted by Gasteiger charge is 2.01. The minimum Gasteiger partial charge on any atom is -0.267 e. The highest BCUT2D eigenvalue weighted by Crippen LogP contribution is 2.27. The van der Waals surface area contributed by atoms with Gasteiger partial charge in [0.25, 0.3) is 9.15 Å². The molecule has 0 saturated heterocycles. The number of rotatable bonds is 0. The Morgan fingerprint density at radius 1 is 1.00 bits per heavy atom. The van der Waals surface area contributed by atoms with E-state index < -0.39 is 9.15 Å². The summed E-state index contributed by atoms with van der Waals surface area (Å²) in [4.78, 5) is 19.7. The number of halogens is 2. The summed E-state index contributed by atoms with van der Waals surface area (Å²) >= 11 is 9.63. The molecule has 2 nitrogen and oxygen atoms in total. The number of hydrogen-bond donors (Lipinski definition) is 0. The summed E-state index contributed by atoms with van der Waals surface area (Å²) in [5.74, 6) is 0. The molecule has 0 fully saturated rings. The Balaban J connectivity index is 3.18. The quantitative estimate of drug-likeness (QED) is 0.435. The molecule has 0 heterocycles. The van der Waals surface area contributed by atoms with E-state index in [2.05, 4.69) is 0 Å². The molecule has 46 valence electrons. The van der Waals surface area contributed by atoms with Crippen molar-refractivity contribution in [3.63, 3.8) is 0 Å². The predicted octanol–water partition coefficient (Wildman–Crippen LogP) is 3.09. The highest BCUT2D eigenvalue weighted by molar-refractivity contribution is 8.88. The van der Waals surface area contributed by atoms with Crippen LogP contribution in [0, 0.1) is 0 Å². The van der Waals surface area contributed by atoms with Crippen LogP contribution < -0.4 is 0 Å². The molecule has 0 saturated carbocycles. The first-order chi connectivity index (χ1) is 3.63. The van der Waals surface area contributed by atoms with Gasteiger partial charge in [0.05, 0.1) is 0 Å². The lowest BCUT2D eigenvalue weighted by molar-refractivity contribution is 0.275. The SMILES string of the molecule is O=C(Cl)SSC(=O)Cl. The molecular formula is C2Cl2O2S2. The fraction of sp³-hybridized carbons (Fsp3) is 0. The molecule has 8 heavy (non-hydrogen) atoms. The fourth-order valence-corrected chi connectivity index (χ4v) is 1.16. The van der Waals surface area contributed by atoms with E-state index in [-0.39, 0.29) is 0 Å². The maximum atomic E-state index is 9.84. The summed E-state index contributed by atoms with van der Waals surface area (Å²) in [6, 6.07) is 0. The largest absolute Gasteiger partial charge is 0.290 e. The molecule has 0 aromatic heterocycles. The maximum Gasteiger partial charge on any atom is 0.290 e. The Morgan fingerprint density at radius 2 is 1.25 bits per heavy atom. The van der Waals surface area contributed by atoms with E-state index in [1.165, 1.54) is 0 Å². The second-order valence-corrected chi connectivity index (χ2v) is 3.85. The van der Waals surface area contributed by atoms with Gasteiger partial charge in [-0.2, -0.15) is 0 Å². The summed E-state index contributed by atoms with van der Waals surface area (Å²) in [7, 11) is 1.20. The van der Waals surface area contributed by atoms with Gasteiger partial charge in [-0.25, -0.2) is 0 Å². The van der Waals surface area contributed by atoms with Gasteiger partial charge in [-0.1, -0.05) is 0 Å². The third-order valence-electron chi connectivity index (χ3n) is 0.173. The average Bonchev–Trinajstić information content (AvgIpc) is 1.61. The lowest BCUT2D eigenvalue weighted by Crippen LogP contribution is -1.68. The van der Waals surface area contributed by atoms with Gasteiger partial charge in [-0.3, -0.25) is 9.59 Å². The van der Waals surface area contributed by atoms with Crippen molar-refractivity contribution in [3.05, 3.63) is 0 Å². The Hall–Kier alpha value is 0.620. The lowest BCUT2D eigenvalue weighted by atomic mass is 11.8. The molecule has 0 N–H and O–H groups in total. The summed E-state index contributed by atoms with van der Waals surface area (Å²) in [5, 5.41) is 0. The zero-order valence-corrected chi connectivity index (χ0v) is 6.53. The summed E-state index contributed by atoms with van der Waals surface area (Å²) in [5.41, 5.74) is 0. The normalized spacial score (nSPS) is 8.75. The van der Waals surface area contributed by atoms with Crippen LogP contribution in [0.3, 0.4) is 0 Å². The van der Waals surface area contributed by atoms with Crippen molar-refractivity contribution < 1.29 is 9.59 Å². The molecule has 0 aromatic rings. The van der Waals surface area contributed by atoms with Gasteiger partial charge in [0.1, 0.15) is 0 Å². The van der Waals surface area contributed by atoms with E-state index in [1.807, 2.05) is 0 Å². The van der Waals surface area contributed by atoms with E-state index in [4.69, 9.17) is 23.2 Å². The van der Waals surface area contributed by atoms with Crippen LogP contribution in [0.15, 0.2) is 0 Å². The Bertz CT molecular complexity index is 101. The molecule has 0 aromatic carbocycles. The van der Waals surface area contributed by atoms with E-state index >= 15 is 0 Å². The molecular weight excluding hydrogens is 191 g/mol. The number of carbonyl (C=O) groups excluding carboxylic acids is 2. The monoisotopic (exact) mass is 190 g/mol. The predicted molar refractivity (Wildman–Crippen MR) is 37.7 cm³/mol. The van der Waals surface area contributed by atoms with Crippen LogP contribution in [0.1, 0.15) is 0 Å². The second kappa shape index (κ2) is 4.49. The van der Waals surface area contributed by atoms with Gasteiger partial charge in [-0.15, -0.1) is 0 Å². The third kappa shape index (κ3) is 6.62. The standard InChI is InChI=1S/C2Cl2O2S2/c3-1(5)7-8-2(4)6. The zero-order chi connectivity index (χ0) is 6.57. The molecule has 0 aliphatic rings. The minimum absolute atomic E-state index is 0.601. The zero-order valence-electron chi connectivity index (χ0n) is 3.39. The summed E-state index contributed by atoms with van der Waals surface area (Å²) < 4.78 is -1.30. The summed E-state index contributed by atoms with van der Waals surface area (Å²) in [6.07, 6.45) is 0. The Labute approximate surface area is 63.7 Å². The van der Waals surface area contributed by atoms with Gasteiger partial charge < -0.3 is 0 Å². The van der Waals surface area contributed by atoms with E-state index in [9.17, 15) is 9.59 Å². The van der Waals surface area contributed by atoms with Crippen LogP contribution in [0.25, 0.3) is 0 Å². The van der Waals surface area contributed by atoms with E-state index in [0.29, 0.717) is 21.6 Å². The van der Waals surface area contributed by atoms with Gasteiger partial charge in [0.2, 0.25) is 0 Å². The van der Waals surface area contributed by atoms with Crippen LogP contribution in [0.5, 0.6) is 0 Å². The Morgan fingerprint density at radius 3 is 1.38 bits per heavy atom. The molecule has 0 spiro atoms. The molecule has 0 amide bonds. The van der Waals surface area contributed by atoms with Crippen LogP contribution in [0.4, 0.5) is 9.59 Å². The van der Waals surface area contributed by atoms with E-state index in [0.717, 1.165) is 0 Å². The van der Waals surface area contributed by atoms with Crippen LogP contribution in [0.2, 0.25) is 0 Å². The maximum absolute atomic E-state index is 9.84. The van der Waals surface area contributed by atoms with Gasteiger partial charge in [0.15, 0.2) is 0 Å². The first-order valence-electron chi connectivity index (χ1n) is 1.36. The van der Waals surface area contributed by atoms with Crippen molar-refractivity contribution in [3.8, 4) is 0 Å². The van der Waals surface area contributed by atoms with Crippen molar-refractivity contribution in [2.24, 2.45) is 0 Å². The smallest absolute Gasteiger partial charge is 0.267 e.